The molecule has 8 nitrogen and oxygen atoms in total. The quantitative estimate of drug-likeness (QED) is 0.776. The van der Waals surface area contributed by atoms with Crippen LogP contribution in [0.2, 0.25) is 0 Å². The number of aromatic nitrogens is 1. The van der Waals surface area contributed by atoms with E-state index in [1.54, 1.807) is 32.5 Å². The summed E-state index contributed by atoms with van der Waals surface area (Å²) < 4.78 is 5.26. The molecular weight excluding hydrogens is 370 g/mol. The van der Waals surface area contributed by atoms with Crippen LogP contribution in [0.5, 0.6) is 5.75 Å². The van der Waals surface area contributed by atoms with Crippen molar-refractivity contribution in [1.29, 1.82) is 0 Å². The van der Waals surface area contributed by atoms with Crippen LogP contribution in [-0.4, -0.2) is 66.7 Å². The second-order valence-corrected chi connectivity index (χ2v) is 7.47. The molecule has 2 aromatic rings. The predicted octanol–water partition coefficient (Wildman–Crippen LogP) is 1.64. The summed E-state index contributed by atoms with van der Waals surface area (Å²) >= 11 is 0. The van der Waals surface area contributed by atoms with Crippen molar-refractivity contribution in [2.24, 2.45) is 0 Å². The number of nitrogens with zero attached hydrogens (tertiary/aromatic N) is 4. The van der Waals surface area contributed by atoms with Crippen molar-refractivity contribution in [3.8, 4) is 5.75 Å². The van der Waals surface area contributed by atoms with Gasteiger partial charge in [0.1, 0.15) is 11.3 Å². The number of nitrogens with one attached hydrogen (secondary N) is 1. The van der Waals surface area contributed by atoms with E-state index in [-0.39, 0.29) is 18.6 Å². The van der Waals surface area contributed by atoms with E-state index in [9.17, 15) is 9.59 Å². The van der Waals surface area contributed by atoms with E-state index in [0.29, 0.717) is 11.3 Å². The van der Waals surface area contributed by atoms with Gasteiger partial charge in [0.25, 0.3) is 5.91 Å². The van der Waals surface area contributed by atoms with Crippen LogP contribution in [0.1, 0.15) is 12.5 Å². The lowest BCUT2D eigenvalue weighted by atomic mass is 9.92. The van der Waals surface area contributed by atoms with Crippen molar-refractivity contribution in [1.82, 2.24) is 20.1 Å². The molecular formula is C21H25N5O3. The first-order valence-corrected chi connectivity index (χ1v) is 9.67. The number of carbonyl (C=O) groups is 2. The third-order valence-corrected chi connectivity index (χ3v) is 5.66. The SMILES string of the molecule is COc1cccc([C@@]2(C)NC(=O)N(CN3CCN(c4ccncc4)CC3)C2=O)c1. The highest BCUT2D eigenvalue weighted by atomic mass is 16.5. The molecule has 0 unspecified atom stereocenters. The van der Waals surface area contributed by atoms with Gasteiger partial charge in [0.15, 0.2) is 0 Å². The van der Waals surface area contributed by atoms with Crippen LogP contribution in [0, 0.1) is 0 Å². The van der Waals surface area contributed by atoms with Crippen molar-refractivity contribution in [3.05, 3.63) is 54.4 Å². The number of hydrogen-bond acceptors (Lipinski definition) is 6. The molecule has 1 aromatic carbocycles. The van der Waals surface area contributed by atoms with Crippen LogP contribution in [0.15, 0.2) is 48.8 Å². The van der Waals surface area contributed by atoms with Crippen molar-refractivity contribution < 1.29 is 14.3 Å². The summed E-state index contributed by atoms with van der Waals surface area (Å²) in [6, 6.07) is 10.9. The highest BCUT2D eigenvalue weighted by Gasteiger charge is 2.49. The first-order valence-electron chi connectivity index (χ1n) is 9.67. The Balaban J connectivity index is 1.42. The number of imide groups is 1. The monoisotopic (exact) mass is 395 g/mol. The summed E-state index contributed by atoms with van der Waals surface area (Å²) in [6.07, 6.45) is 3.57. The van der Waals surface area contributed by atoms with E-state index in [1.807, 2.05) is 30.3 Å². The Morgan fingerprint density at radius 2 is 1.83 bits per heavy atom. The Morgan fingerprint density at radius 1 is 1.10 bits per heavy atom. The fourth-order valence-electron chi connectivity index (χ4n) is 3.86. The Labute approximate surface area is 170 Å². The maximum absolute atomic E-state index is 13.2. The molecule has 4 rings (SSSR count). The van der Waals surface area contributed by atoms with Crippen molar-refractivity contribution in [2.75, 3.05) is 44.9 Å². The molecule has 29 heavy (non-hydrogen) atoms. The molecule has 8 heteroatoms. The molecule has 0 bridgehead atoms. The van der Waals surface area contributed by atoms with Gasteiger partial charge in [-0.2, -0.15) is 0 Å². The van der Waals surface area contributed by atoms with Crippen LogP contribution < -0.4 is 15.0 Å². The third-order valence-electron chi connectivity index (χ3n) is 5.66. The molecule has 2 saturated heterocycles. The summed E-state index contributed by atoms with van der Waals surface area (Å²) in [6.45, 7) is 5.24. The first kappa shape index (κ1) is 19.2. The standard InChI is InChI=1S/C21H25N5O3/c1-21(16-4-3-5-18(14-16)29-2)19(27)26(20(28)23-21)15-24-10-12-25(13-11-24)17-6-8-22-9-7-17/h3-9,14H,10-13,15H2,1-2H3,(H,23,28)/t21-/m1/s1. The van der Waals surface area contributed by atoms with Crippen molar-refractivity contribution in [3.63, 3.8) is 0 Å². The molecule has 152 valence electrons. The van der Waals surface area contributed by atoms with E-state index in [4.69, 9.17) is 4.74 Å². The lowest BCUT2D eigenvalue weighted by Crippen LogP contribution is -2.51. The van der Waals surface area contributed by atoms with E-state index >= 15 is 0 Å². The van der Waals surface area contributed by atoms with Crippen molar-refractivity contribution >= 4 is 17.6 Å². The summed E-state index contributed by atoms with van der Waals surface area (Å²) in [5.41, 5.74) is 0.755. The second kappa shape index (κ2) is 7.71. The van der Waals surface area contributed by atoms with E-state index in [0.717, 1.165) is 31.9 Å². The number of methoxy groups -OCH3 is 1. The van der Waals surface area contributed by atoms with E-state index in [1.165, 1.54) is 4.90 Å². The number of benzene rings is 1. The maximum atomic E-state index is 13.2. The number of carbonyl (C=O) groups excluding carboxylic acids is 2. The minimum Gasteiger partial charge on any atom is -0.497 e. The van der Waals surface area contributed by atoms with Crippen LogP contribution in [0.25, 0.3) is 0 Å². The molecule has 1 N–H and O–H groups in total. The number of piperazine rings is 1. The van der Waals surface area contributed by atoms with Crippen LogP contribution >= 0.6 is 0 Å². The largest absolute Gasteiger partial charge is 0.497 e. The second-order valence-electron chi connectivity index (χ2n) is 7.47. The van der Waals surface area contributed by atoms with Gasteiger partial charge in [-0.3, -0.25) is 14.7 Å². The highest BCUT2D eigenvalue weighted by molar-refractivity contribution is 6.07. The van der Waals surface area contributed by atoms with Gasteiger partial charge >= 0.3 is 6.03 Å². The average molecular weight is 395 g/mol. The number of rotatable bonds is 5. The van der Waals surface area contributed by atoms with Crippen molar-refractivity contribution in [2.45, 2.75) is 12.5 Å². The zero-order valence-electron chi connectivity index (χ0n) is 16.7. The van der Waals surface area contributed by atoms with Gasteiger partial charge in [0, 0.05) is 44.3 Å². The lowest BCUT2D eigenvalue weighted by Gasteiger charge is -2.37. The number of anilines is 1. The molecule has 2 fully saturated rings. The van der Waals surface area contributed by atoms with Gasteiger partial charge < -0.3 is 15.0 Å². The smallest absolute Gasteiger partial charge is 0.326 e. The molecule has 0 radical (unpaired) electrons. The summed E-state index contributed by atoms with van der Waals surface area (Å²) in [4.78, 5) is 35.5. The average Bonchev–Trinajstić information content (AvgIpc) is 2.99. The van der Waals surface area contributed by atoms with Gasteiger partial charge in [-0.05, 0) is 36.8 Å². The molecule has 2 aliphatic rings. The fraction of sp³-hybridized carbons (Fsp3) is 0.381. The zero-order valence-corrected chi connectivity index (χ0v) is 16.7. The summed E-state index contributed by atoms with van der Waals surface area (Å²) in [7, 11) is 1.58. The number of urea groups is 1. The van der Waals surface area contributed by atoms with Gasteiger partial charge in [-0.25, -0.2) is 9.69 Å². The van der Waals surface area contributed by atoms with Gasteiger partial charge in [0.05, 0.1) is 13.8 Å². The van der Waals surface area contributed by atoms with Gasteiger partial charge in [-0.15, -0.1) is 0 Å². The fourth-order valence-corrected chi connectivity index (χ4v) is 3.86. The lowest BCUT2D eigenvalue weighted by molar-refractivity contribution is -0.132. The summed E-state index contributed by atoms with van der Waals surface area (Å²) in [5.74, 6) is 0.406. The number of pyridine rings is 1. The van der Waals surface area contributed by atoms with E-state index in [2.05, 4.69) is 20.1 Å². The van der Waals surface area contributed by atoms with E-state index < -0.39 is 5.54 Å². The number of ether oxygens (including phenoxy) is 1. The minimum absolute atomic E-state index is 0.243. The molecule has 0 spiro atoms. The van der Waals surface area contributed by atoms with Crippen LogP contribution in [0.4, 0.5) is 10.5 Å². The van der Waals surface area contributed by atoms with Gasteiger partial charge in [-0.1, -0.05) is 12.1 Å². The molecule has 3 heterocycles. The predicted molar refractivity (Wildman–Crippen MR) is 109 cm³/mol. The first-order chi connectivity index (χ1) is 14.0. The Bertz CT molecular complexity index is 898. The topological polar surface area (TPSA) is 78.0 Å². The van der Waals surface area contributed by atoms with Gasteiger partial charge in [0.2, 0.25) is 0 Å². The number of hydrogen-bond donors (Lipinski definition) is 1. The third kappa shape index (κ3) is 3.63. The maximum Gasteiger partial charge on any atom is 0.326 e. The normalized spacial score (nSPS) is 22.7. The molecule has 2 aliphatic heterocycles. The Kier molecular flexibility index (Phi) is 5.10. The van der Waals surface area contributed by atoms with Crippen LogP contribution in [-0.2, 0) is 10.3 Å². The van der Waals surface area contributed by atoms with Crippen LogP contribution in [0.3, 0.4) is 0 Å². The number of amides is 3. The highest BCUT2D eigenvalue weighted by Crippen LogP contribution is 2.31. The Morgan fingerprint density at radius 3 is 2.52 bits per heavy atom. The minimum atomic E-state index is -1.09. The molecule has 3 amide bonds. The molecule has 0 aliphatic carbocycles. The zero-order chi connectivity index (χ0) is 20.4. The summed E-state index contributed by atoms with van der Waals surface area (Å²) in [5, 5.41) is 2.86. The molecule has 0 saturated carbocycles. The Hall–Kier alpha value is -3.13. The molecule has 1 atom stereocenters. The molecule has 1 aromatic heterocycles.